The van der Waals surface area contributed by atoms with Crippen LogP contribution in [-0.4, -0.2) is 33.1 Å². The number of nitrogens with one attached hydrogen (secondary N) is 1. The number of carbonyl (C=O) groups excluding carboxylic acids is 2. The highest BCUT2D eigenvalue weighted by molar-refractivity contribution is 5.97. The van der Waals surface area contributed by atoms with Gasteiger partial charge < -0.3 is 14.4 Å². The highest BCUT2D eigenvalue weighted by atomic mass is 16.6. The molecule has 1 fully saturated rings. The molecule has 2 aromatic carbocycles. The van der Waals surface area contributed by atoms with Gasteiger partial charge in [-0.3, -0.25) is 14.4 Å². The van der Waals surface area contributed by atoms with E-state index in [1.54, 1.807) is 31.3 Å². The Morgan fingerprint density at radius 1 is 0.964 bits per heavy atom. The molecule has 7 nitrogen and oxygen atoms in total. The third kappa shape index (κ3) is 3.94. The molecule has 1 aliphatic rings. The summed E-state index contributed by atoms with van der Waals surface area (Å²) >= 11 is 0. The fourth-order valence-electron chi connectivity index (χ4n) is 3.57. The Hall–Kier alpha value is -3.06. The van der Waals surface area contributed by atoms with Gasteiger partial charge in [0, 0.05) is 12.1 Å². The minimum Gasteiger partial charge on any atom is -0.497 e. The lowest BCUT2D eigenvalue weighted by atomic mass is 9.83. The van der Waals surface area contributed by atoms with Crippen molar-refractivity contribution in [3.63, 3.8) is 0 Å². The summed E-state index contributed by atoms with van der Waals surface area (Å²) in [5.74, 6) is 0.664. The first-order valence-electron chi connectivity index (χ1n) is 9.02. The fourth-order valence-corrected chi connectivity index (χ4v) is 3.57. The van der Waals surface area contributed by atoms with E-state index in [0.717, 1.165) is 5.56 Å². The number of nitrogens with zero attached hydrogens (tertiary/aromatic N) is 1. The predicted molar refractivity (Wildman–Crippen MR) is 104 cm³/mol. The molecule has 148 valence electrons. The second-order valence-corrected chi connectivity index (χ2v) is 6.50. The lowest BCUT2D eigenvalue weighted by molar-refractivity contribution is -0.138. The van der Waals surface area contributed by atoms with Crippen LogP contribution in [0.4, 0.5) is 5.69 Å². The first kappa shape index (κ1) is 19.7. The maximum absolute atomic E-state index is 12.9. The second kappa shape index (κ2) is 8.75. The Morgan fingerprint density at radius 3 is 2.07 bits per heavy atom. The number of methoxy groups -OCH3 is 2. The highest BCUT2D eigenvalue weighted by Gasteiger charge is 2.41. The average molecular weight is 384 g/mol. The van der Waals surface area contributed by atoms with Crippen LogP contribution in [0.2, 0.25) is 0 Å². The summed E-state index contributed by atoms with van der Waals surface area (Å²) in [4.78, 5) is 32.1. The average Bonchev–Trinajstić information content (AvgIpc) is 2.74. The summed E-state index contributed by atoms with van der Waals surface area (Å²) < 4.78 is 10.4. The van der Waals surface area contributed by atoms with Gasteiger partial charge >= 0.3 is 0 Å². The van der Waals surface area contributed by atoms with E-state index in [9.17, 15) is 9.59 Å². The molecule has 0 bridgehead atoms. The Labute approximate surface area is 164 Å². The van der Waals surface area contributed by atoms with E-state index in [0.29, 0.717) is 23.6 Å². The minimum atomic E-state index is -0.462. The Kier molecular flexibility index (Phi) is 6.16. The number of hydrogen-bond acceptors (Lipinski definition) is 5. The summed E-state index contributed by atoms with van der Waals surface area (Å²) in [6, 6.07) is 14.2. The van der Waals surface area contributed by atoms with Gasteiger partial charge in [-0.1, -0.05) is 12.1 Å². The van der Waals surface area contributed by atoms with Crippen molar-refractivity contribution in [2.75, 3.05) is 26.2 Å². The van der Waals surface area contributed by atoms with Gasteiger partial charge in [-0.05, 0) is 48.4 Å². The van der Waals surface area contributed by atoms with Crippen molar-refractivity contribution in [3.8, 4) is 11.5 Å². The molecule has 2 amide bonds. The first-order valence-corrected chi connectivity index (χ1v) is 9.02. The maximum atomic E-state index is 12.9. The first-order chi connectivity index (χ1) is 13.6. The number of anilines is 1. The van der Waals surface area contributed by atoms with Gasteiger partial charge in [0.15, 0.2) is 0 Å². The summed E-state index contributed by atoms with van der Waals surface area (Å²) in [5, 5.41) is 0. The molecule has 2 aromatic rings. The third-order valence-electron chi connectivity index (χ3n) is 4.94. The van der Waals surface area contributed by atoms with Crippen molar-refractivity contribution in [1.29, 1.82) is 0 Å². The number of benzene rings is 2. The smallest absolute Gasteiger partial charge is 0.249 e. The van der Waals surface area contributed by atoms with Crippen LogP contribution in [0.25, 0.3) is 0 Å². The minimum absolute atomic E-state index is 0.0348. The standard InChI is InChI=1S/C21H24N2O5/c1-26-16-8-4-14(5-9-16)20-18(21(25)22-28-3)12-13-19(24)23(20)15-6-10-17(27-2)11-7-15/h4-11,18,20H,12-13H2,1-3H3,(H,22,25)/t18-,20+/m0/s1. The molecule has 0 aromatic heterocycles. The molecule has 0 unspecified atom stereocenters. The second-order valence-electron chi connectivity index (χ2n) is 6.50. The molecule has 0 saturated carbocycles. The quantitative estimate of drug-likeness (QED) is 0.775. The lowest BCUT2D eigenvalue weighted by Crippen LogP contribution is -2.48. The van der Waals surface area contributed by atoms with Gasteiger partial charge in [0.25, 0.3) is 0 Å². The zero-order chi connectivity index (χ0) is 20.1. The van der Waals surface area contributed by atoms with Gasteiger partial charge in [-0.15, -0.1) is 0 Å². The van der Waals surface area contributed by atoms with Crippen molar-refractivity contribution in [1.82, 2.24) is 5.48 Å². The molecular weight excluding hydrogens is 360 g/mol. The Morgan fingerprint density at radius 2 is 1.54 bits per heavy atom. The number of ether oxygens (including phenoxy) is 2. The predicted octanol–water partition coefficient (Wildman–Crippen LogP) is 2.87. The molecule has 28 heavy (non-hydrogen) atoms. The van der Waals surface area contributed by atoms with E-state index >= 15 is 0 Å². The summed E-state index contributed by atoms with van der Waals surface area (Å²) in [6.07, 6.45) is 0.720. The van der Waals surface area contributed by atoms with Crippen LogP contribution in [0.3, 0.4) is 0 Å². The van der Waals surface area contributed by atoms with Gasteiger partial charge in [-0.25, -0.2) is 5.48 Å². The van der Waals surface area contributed by atoms with E-state index in [-0.39, 0.29) is 18.2 Å². The van der Waals surface area contributed by atoms with Crippen LogP contribution in [-0.2, 0) is 14.4 Å². The topological polar surface area (TPSA) is 77.1 Å². The Bertz CT molecular complexity index is 820. The zero-order valence-corrected chi connectivity index (χ0v) is 16.2. The Balaban J connectivity index is 2.05. The maximum Gasteiger partial charge on any atom is 0.249 e. The summed E-state index contributed by atoms with van der Waals surface area (Å²) in [5.41, 5.74) is 3.98. The third-order valence-corrected chi connectivity index (χ3v) is 4.94. The van der Waals surface area contributed by atoms with Crippen LogP contribution in [0.15, 0.2) is 48.5 Å². The molecule has 1 aliphatic heterocycles. The van der Waals surface area contributed by atoms with Crippen molar-refractivity contribution in [2.45, 2.75) is 18.9 Å². The van der Waals surface area contributed by atoms with Crippen LogP contribution in [0.1, 0.15) is 24.4 Å². The number of carbonyl (C=O) groups is 2. The molecule has 1 N–H and O–H groups in total. The largest absolute Gasteiger partial charge is 0.497 e. The van der Waals surface area contributed by atoms with Gasteiger partial charge in [0.1, 0.15) is 11.5 Å². The van der Waals surface area contributed by atoms with E-state index in [2.05, 4.69) is 5.48 Å². The number of hydrogen-bond donors (Lipinski definition) is 1. The molecule has 0 aliphatic carbocycles. The van der Waals surface area contributed by atoms with E-state index < -0.39 is 12.0 Å². The van der Waals surface area contributed by atoms with Crippen LogP contribution in [0.5, 0.6) is 11.5 Å². The fraction of sp³-hybridized carbons (Fsp3) is 0.333. The van der Waals surface area contributed by atoms with Crippen molar-refractivity contribution in [3.05, 3.63) is 54.1 Å². The lowest BCUT2D eigenvalue weighted by Gasteiger charge is -2.40. The molecule has 3 rings (SSSR count). The summed E-state index contributed by atoms with van der Waals surface area (Å²) in [6.45, 7) is 0. The van der Waals surface area contributed by atoms with Crippen molar-refractivity contribution < 1.29 is 23.9 Å². The number of rotatable bonds is 6. The van der Waals surface area contributed by atoms with Crippen molar-refractivity contribution >= 4 is 17.5 Å². The van der Waals surface area contributed by atoms with Crippen molar-refractivity contribution in [2.24, 2.45) is 5.92 Å². The SMILES string of the molecule is CONC(=O)[C@H]1CCC(=O)N(c2ccc(OC)cc2)[C@@H]1c1ccc(OC)cc1. The van der Waals surface area contributed by atoms with Crippen LogP contribution < -0.4 is 19.9 Å². The number of amides is 2. The summed E-state index contributed by atoms with van der Waals surface area (Å²) in [7, 11) is 4.58. The van der Waals surface area contributed by atoms with E-state index in [4.69, 9.17) is 14.3 Å². The molecule has 1 heterocycles. The number of piperidine rings is 1. The van der Waals surface area contributed by atoms with Gasteiger partial charge in [-0.2, -0.15) is 0 Å². The monoisotopic (exact) mass is 384 g/mol. The van der Waals surface area contributed by atoms with Gasteiger partial charge in [0.05, 0.1) is 33.3 Å². The molecule has 7 heteroatoms. The normalized spacial score (nSPS) is 19.2. The highest BCUT2D eigenvalue weighted by Crippen LogP contribution is 2.40. The molecular formula is C21H24N2O5. The number of hydroxylamine groups is 1. The van der Waals surface area contributed by atoms with Crippen LogP contribution >= 0.6 is 0 Å². The molecule has 0 radical (unpaired) electrons. The zero-order valence-electron chi connectivity index (χ0n) is 16.2. The molecule has 0 spiro atoms. The van der Waals surface area contributed by atoms with Gasteiger partial charge in [0.2, 0.25) is 11.8 Å². The van der Waals surface area contributed by atoms with E-state index in [1.165, 1.54) is 7.11 Å². The van der Waals surface area contributed by atoms with E-state index in [1.807, 2.05) is 36.4 Å². The molecule has 1 saturated heterocycles. The van der Waals surface area contributed by atoms with Crippen LogP contribution in [0, 0.1) is 5.92 Å². The molecule has 2 atom stereocenters.